The number of nitriles is 1. The first-order chi connectivity index (χ1) is 13.0. The second-order valence-corrected chi connectivity index (χ2v) is 6.36. The van der Waals surface area contributed by atoms with Crippen molar-refractivity contribution in [2.75, 3.05) is 18.4 Å². The molecule has 1 unspecified atom stereocenters. The van der Waals surface area contributed by atoms with Crippen molar-refractivity contribution in [1.82, 2.24) is 20.3 Å². The molecule has 1 aliphatic rings. The van der Waals surface area contributed by atoms with Crippen LogP contribution in [0.1, 0.15) is 17.5 Å². The number of halogens is 3. The molecule has 9 heteroatoms. The van der Waals surface area contributed by atoms with Crippen LogP contribution in [0.2, 0.25) is 0 Å². The van der Waals surface area contributed by atoms with Gasteiger partial charge in [0.05, 0.1) is 17.3 Å². The maximum Gasteiger partial charge on any atom is 0.419 e. The molecular formula is C18H15F3N6. The molecule has 3 aromatic rings. The van der Waals surface area contributed by atoms with Crippen molar-refractivity contribution in [1.29, 1.82) is 5.26 Å². The van der Waals surface area contributed by atoms with Crippen molar-refractivity contribution in [2.45, 2.75) is 18.6 Å². The average Bonchev–Trinajstić information content (AvgIpc) is 3.29. The van der Waals surface area contributed by atoms with E-state index in [-0.39, 0.29) is 17.7 Å². The molecular weight excluding hydrogens is 357 g/mol. The van der Waals surface area contributed by atoms with Gasteiger partial charge in [0.2, 0.25) is 5.95 Å². The van der Waals surface area contributed by atoms with E-state index in [1.165, 1.54) is 6.20 Å². The number of aromatic amines is 1. The molecule has 0 spiro atoms. The van der Waals surface area contributed by atoms with Crippen LogP contribution in [0.4, 0.5) is 19.1 Å². The van der Waals surface area contributed by atoms with E-state index < -0.39 is 11.7 Å². The van der Waals surface area contributed by atoms with Crippen LogP contribution in [-0.2, 0) is 6.18 Å². The van der Waals surface area contributed by atoms with Crippen molar-refractivity contribution >= 4 is 16.9 Å². The van der Waals surface area contributed by atoms with Gasteiger partial charge in [-0.2, -0.15) is 18.4 Å². The Labute approximate surface area is 152 Å². The number of fused-ring (bicyclic) bond motifs is 1. The molecule has 0 aliphatic carbocycles. The van der Waals surface area contributed by atoms with Crippen molar-refractivity contribution in [3.05, 3.63) is 41.7 Å². The van der Waals surface area contributed by atoms with Gasteiger partial charge in [-0.25, -0.2) is 9.97 Å². The van der Waals surface area contributed by atoms with E-state index in [9.17, 15) is 13.2 Å². The summed E-state index contributed by atoms with van der Waals surface area (Å²) in [5.41, 5.74) is 0.220. The summed E-state index contributed by atoms with van der Waals surface area (Å²) in [7, 11) is 0. The largest absolute Gasteiger partial charge is 0.419 e. The molecule has 3 N–H and O–H groups in total. The lowest BCUT2D eigenvalue weighted by Gasteiger charge is -2.15. The number of nitrogens with one attached hydrogen (secondary N) is 3. The SMILES string of the molecule is N#Cc1ccc2c(-c3nc(NC4CCNC4)ncc3C(F)(F)F)c[nH]c2c1. The van der Waals surface area contributed by atoms with Gasteiger partial charge in [-0.15, -0.1) is 0 Å². The summed E-state index contributed by atoms with van der Waals surface area (Å²) in [6.45, 7) is 1.55. The molecule has 27 heavy (non-hydrogen) atoms. The summed E-state index contributed by atoms with van der Waals surface area (Å²) in [5, 5.41) is 15.8. The maximum atomic E-state index is 13.5. The molecule has 0 saturated carbocycles. The first kappa shape index (κ1) is 17.3. The average molecular weight is 372 g/mol. The molecule has 2 aromatic heterocycles. The van der Waals surface area contributed by atoms with Gasteiger partial charge in [0.25, 0.3) is 0 Å². The number of hydrogen-bond acceptors (Lipinski definition) is 5. The third kappa shape index (κ3) is 3.31. The number of benzene rings is 1. The number of aromatic nitrogens is 3. The summed E-state index contributed by atoms with van der Waals surface area (Å²) >= 11 is 0. The number of nitrogens with zero attached hydrogens (tertiary/aromatic N) is 3. The van der Waals surface area contributed by atoms with Gasteiger partial charge in [-0.3, -0.25) is 0 Å². The summed E-state index contributed by atoms with van der Waals surface area (Å²) in [6.07, 6.45) is -1.44. The van der Waals surface area contributed by atoms with Gasteiger partial charge in [0, 0.05) is 41.4 Å². The van der Waals surface area contributed by atoms with E-state index in [4.69, 9.17) is 5.26 Å². The molecule has 1 aromatic carbocycles. The third-order valence-electron chi connectivity index (χ3n) is 4.55. The summed E-state index contributed by atoms with van der Waals surface area (Å²) in [4.78, 5) is 11.0. The Morgan fingerprint density at radius 3 is 2.85 bits per heavy atom. The lowest BCUT2D eigenvalue weighted by atomic mass is 10.0. The predicted octanol–water partition coefficient (Wildman–Crippen LogP) is 3.29. The molecule has 0 radical (unpaired) electrons. The highest BCUT2D eigenvalue weighted by molar-refractivity contribution is 5.96. The maximum absolute atomic E-state index is 13.5. The zero-order valence-electron chi connectivity index (χ0n) is 14.1. The van der Waals surface area contributed by atoms with E-state index in [0.29, 0.717) is 28.6 Å². The number of hydrogen-bond donors (Lipinski definition) is 3. The zero-order chi connectivity index (χ0) is 19.0. The molecule has 138 valence electrons. The lowest BCUT2D eigenvalue weighted by Crippen LogP contribution is -2.24. The first-order valence-electron chi connectivity index (χ1n) is 8.39. The van der Waals surface area contributed by atoms with Crippen molar-refractivity contribution in [3.8, 4) is 17.3 Å². The highest BCUT2D eigenvalue weighted by atomic mass is 19.4. The van der Waals surface area contributed by atoms with Crippen LogP contribution in [0.5, 0.6) is 0 Å². The van der Waals surface area contributed by atoms with E-state index in [2.05, 4.69) is 25.6 Å². The van der Waals surface area contributed by atoms with Gasteiger partial charge < -0.3 is 15.6 Å². The zero-order valence-corrected chi connectivity index (χ0v) is 14.1. The Morgan fingerprint density at radius 1 is 1.30 bits per heavy atom. The second-order valence-electron chi connectivity index (χ2n) is 6.36. The van der Waals surface area contributed by atoms with Crippen LogP contribution >= 0.6 is 0 Å². The Hall–Kier alpha value is -3.12. The fourth-order valence-corrected chi connectivity index (χ4v) is 3.22. The van der Waals surface area contributed by atoms with E-state index in [1.807, 2.05) is 6.07 Å². The van der Waals surface area contributed by atoms with Gasteiger partial charge in [0.1, 0.15) is 5.56 Å². The molecule has 1 atom stereocenters. The minimum Gasteiger partial charge on any atom is -0.360 e. The van der Waals surface area contributed by atoms with Crippen LogP contribution < -0.4 is 10.6 Å². The second kappa shape index (κ2) is 6.55. The van der Waals surface area contributed by atoms with Gasteiger partial charge in [-0.05, 0) is 25.1 Å². The number of rotatable bonds is 3. The molecule has 1 aliphatic heterocycles. The fraction of sp³-hybridized carbons (Fsp3) is 0.278. The van der Waals surface area contributed by atoms with Crippen LogP contribution in [0.25, 0.3) is 22.2 Å². The van der Waals surface area contributed by atoms with Crippen molar-refractivity contribution < 1.29 is 13.2 Å². The number of H-pyrrole nitrogens is 1. The molecule has 6 nitrogen and oxygen atoms in total. The van der Waals surface area contributed by atoms with Crippen LogP contribution in [-0.4, -0.2) is 34.1 Å². The highest BCUT2D eigenvalue weighted by Crippen LogP contribution is 2.38. The van der Waals surface area contributed by atoms with Crippen LogP contribution in [0, 0.1) is 11.3 Å². The minimum absolute atomic E-state index is 0.0794. The van der Waals surface area contributed by atoms with Gasteiger partial charge in [-0.1, -0.05) is 6.07 Å². The lowest BCUT2D eigenvalue weighted by molar-refractivity contribution is -0.137. The smallest absolute Gasteiger partial charge is 0.360 e. The summed E-state index contributed by atoms with van der Waals surface area (Å²) in [5.74, 6) is 0.162. The number of alkyl halides is 3. The van der Waals surface area contributed by atoms with Crippen molar-refractivity contribution in [3.63, 3.8) is 0 Å². The molecule has 3 heterocycles. The number of anilines is 1. The monoisotopic (exact) mass is 372 g/mol. The molecule has 1 saturated heterocycles. The Balaban J connectivity index is 1.83. The topological polar surface area (TPSA) is 89.4 Å². The summed E-state index contributed by atoms with van der Waals surface area (Å²) < 4.78 is 40.6. The van der Waals surface area contributed by atoms with E-state index >= 15 is 0 Å². The van der Waals surface area contributed by atoms with Crippen LogP contribution in [0.3, 0.4) is 0 Å². The standard InChI is InChI=1S/C18H15F3N6/c19-18(20,21)14-9-25-17(26-11-3-4-23-7-11)27-16(14)13-8-24-15-5-10(6-22)1-2-12(13)15/h1-2,5,8-9,11,23-24H,3-4,7H2,(H,25,26,27). The highest BCUT2D eigenvalue weighted by Gasteiger charge is 2.36. The fourth-order valence-electron chi connectivity index (χ4n) is 3.22. The van der Waals surface area contributed by atoms with E-state index in [1.54, 1.807) is 18.2 Å². The Bertz CT molecular complexity index is 1030. The molecule has 0 amide bonds. The van der Waals surface area contributed by atoms with Crippen LogP contribution in [0.15, 0.2) is 30.6 Å². The van der Waals surface area contributed by atoms with Crippen molar-refractivity contribution in [2.24, 2.45) is 0 Å². The minimum atomic E-state index is -4.58. The summed E-state index contributed by atoms with van der Waals surface area (Å²) in [6, 6.07) is 6.87. The first-order valence-corrected chi connectivity index (χ1v) is 8.39. The normalized spacial score (nSPS) is 17.2. The Morgan fingerprint density at radius 2 is 2.15 bits per heavy atom. The molecule has 4 rings (SSSR count). The third-order valence-corrected chi connectivity index (χ3v) is 4.55. The van der Waals surface area contributed by atoms with Gasteiger partial charge >= 0.3 is 6.18 Å². The van der Waals surface area contributed by atoms with E-state index in [0.717, 1.165) is 19.2 Å². The van der Waals surface area contributed by atoms with Gasteiger partial charge in [0.15, 0.2) is 0 Å². The molecule has 1 fully saturated rings. The quantitative estimate of drug-likeness (QED) is 0.657. The molecule has 0 bridgehead atoms. The predicted molar refractivity (Wildman–Crippen MR) is 93.9 cm³/mol. The Kier molecular flexibility index (Phi) is 4.20.